The number of urea groups is 1. The van der Waals surface area contributed by atoms with E-state index in [-0.39, 0.29) is 18.4 Å². The fraction of sp³-hybridized carbons (Fsp3) is 0.188. The van der Waals surface area contributed by atoms with Crippen molar-refractivity contribution in [3.8, 4) is 0 Å². The van der Waals surface area contributed by atoms with Gasteiger partial charge in [-0.1, -0.05) is 48.0 Å². The molecule has 2 aromatic rings. The van der Waals surface area contributed by atoms with Gasteiger partial charge < -0.3 is 10.6 Å². The van der Waals surface area contributed by atoms with Crippen LogP contribution in [0, 0.1) is 12.7 Å². The normalized spacial score (nSPS) is 10.1. The van der Waals surface area contributed by atoms with Crippen LogP contribution in [0.1, 0.15) is 16.7 Å². The second-order valence-corrected chi connectivity index (χ2v) is 4.62. The van der Waals surface area contributed by atoms with Crippen LogP contribution in [-0.4, -0.2) is 6.03 Å². The number of hydrogen-bond acceptors (Lipinski definition) is 1. The largest absolute Gasteiger partial charge is 0.334 e. The molecule has 0 aliphatic heterocycles. The molecule has 20 heavy (non-hydrogen) atoms. The molecular formula is C16H17FN2O. The van der Waals surface area contributed by atoms with Crippen LogP contribution in [-0.2, 0) is 13.1 Å². The molecule has 0 unspecified atom stereocenters. The molecule has 0 saturated heterocycles. The van der Waals surface area contributed by atoms with Crippen LogP contribution in [0.2, 0.25) is 0 Å². The van der Waals surface area contributed by atoms with Crippen LogP contribution in [0.4, 0.5) is 9.18 Å². The smallest absolute Gasteiger partial charge is 0.315 e. The zero-order chi connectivity index (χ0) is 14.4. The number of halogens is 1. The van der Waals surface area contributed by atoms with Crippen molar-refractivity contribution in [3.63, 3.8) is 0 Å². The monoisotopic (exact) mass is 272 g/mol. The summed E-state index contributed by atoms with van der Waals surface area (Å²) < 4.78 is 13.4. The van der Waals surface area contributed by atoms with E-state index in [2.05, 4.69) is 10.6 Å². The fourth-order valence-corrected chi connectivity index (χ4v) is 1.88. The standard InChI is InChI=1S/C16H17FN2O/c1-12-5-4-6-13(9-12)10-18-16(20)19-11-14-7-2-3-8-15(14)17/h2-9H,10-11H2,1H3,(H2,18,19,20). The van der Waals surface area contributed by atoms with Crippen molar-refractivity contribution in [3.05, 3.63) is 71.0 Å². The van der Waals surface area contributed by atoms with Gasteiger partial charge in [-0.2, -0.15) is 0 Å². The maximum Gasteiger partial charge on any atom is 0.315 e. The minimum absolute atomic E-state index is 0.173. The van der Waals surface area contributed by atoms with Gasteiger partial charge in [0.05, 0.1) is 0 Å². The lowest BCUT2D eigenvalue weighted by molar-refractivity contribution is 0.240. The second kappa shape index (κ2) is 6.70. The van der Waals surface area contributed by atoms with Crippen LogP contribution in [0.5, 0.6) is 0 Å². The van der Waals surface area contributed by atoms with Gasteiger partial charge in [0.2, 0.25) is 0 Å². The van der Waals surface area contributed by atoms with Crippen molar-refractivity contribution in [2.45, 2.75) is 20.0 Å². The summed E-state index contributed by atoms with van der Waals surface area (Å²) in [4.78, 5) is 11.6. The summed E-state index contributed by atoms with van der Waals surface area (Å²) in [5.74, 6) is -0.313. The predicted molar refractivity (Wildman–Crippen MR) is 76.7 cm³/mol. The molecule has 0 saturated carbocycles. The summed E-state index contributed by atoms with van der Waals surface area (Å²) in [6.45, 7) is 2.62. The van der Waals surface area contributed by atoms with Crippen LogP contribution in [0.15, 0.2) is 48.5 Å². The highest BCUT2D eigenvalue weighted by atomic mass is 19.1. The minimum atomic E-state index is -0.313. The lowest BCUT2D eigenvalue weighted by Gasteiger charge is -2.08. The summed E-state index contributed by atoms with van der Waals surface area (Å²) in [6.07, 6.45) is 0. The van der Waals surface area contributed by atoms with Crippen molar-refractivity contribution in [2.75, 3.05) is 0 Å². The van der Waals surface area contributed by atoms with E-state index < -0.39 is 0 Å². The molecule has 0 atom stereocenters. The third kappa shape index (κ3) is 4.09. The number of benzene rings is 2. The van der Waals surface area contributed by atoms with Gasteiger partial charge in [0.15, 0.2) is 0 Å². The Labute approximate surface area is 117 Å². The molecule has 2 aromatic carbocycles. The van der Waals surface area contributed by atoms with E-state index in [1.54, 1.807) is 18.2 Å². The molecule has 0 aliphatic carbocycles. The molecule has 0 spiro atoms. The predicted octanol–water partition coefficient (Wildman–Crippen LogP) is 3.13. The number of carbonyl (C=O) groups excluding carboxylic acids is 1. The van der Waals surface area contributed by atoms with Crippen molar-refractivity contribution < 1.29 is 9.18 Å². The van der Waals surface area contributed by atoms with Crippen LogP contribution in [0.25, 0.3) is 0 Å². The average Bonchev–Trinajstić information content (AvgIpc) is 2.44. The van der Waals surface area contributed by atoms with Gasteiger partial charge in [-0.3, -0.25) is 0 Å². The number of aryl methyl sites for hydroxylation is 1. The Morgan fingerprint density at radius 3 is 2.55 bits per heavy atom. The molecule has 0 aromatic heterocycles. The third-order valence-corrected chi connectivity index (χ3v) is 2.93. The van der Waals surface area contributed by atoms with E-state index in [0.717, 1.165) is 11.1 Å². The number of amides is 2. The van der Waals surface area contributed by atoms with Crippen molar-refractivity contribution in [1.82, 2.24) is 10.6 Å². The van der Waals surface area contributed by atoms with Gasteiger partial charge in [0, 0.05) is 18.7 Å². The molecule has 0 radical (unpaired) electrons. The molecule has 0 aliphatic rings. The Morgan fingerprint density at radius 1 is 1.05 bits per heavy atom. The molecular weight excluding hydrogens is 255 g/mol. The summed E-state index contributed by atoms with van der Waals surface area (Å²) in [6, 6.07) is 14.0. The van der Waals surface area contributed by atoms with Gasteiger partial charge in [-0.15, -0.1) is 0 Å². The number of nitrogens with one attached hydrogen (secondary N) is 2. The topological polar surface area (TPSA) is 41.1 Å². The zero-order valence-corrected chi connectivity index (χ0v) is 11.3. The number of carbonyl (C=O) groups is 1. The number of rotatable bonds is 4. The molecule has 0 bridgehead atoms. The fourth-order valence-electron chi connectivity index (χ4n) is 1.88. The van der Waals surface area contributed by atoms with E-state index in [1.165, 1.54) is 6.07 Å². The van der Waals surface area contributed by atoms with E-state index in [0.29, 0.717) is 12.1 Å². The molecule has 2 rings (SSSR count). The lowest BCUT2D eigenvalue weighted by Crippen LogP contribution is -2.34. The van der Waals surface area contributed by atoms with Gasteiger partial charge >= 0.3 is 6.03 Å². The van der Waals surface area contributed by atoms with Gasteiger partial charge in [-0.05, 0) is 18.6 Å². The summed E-state index contributed by atoms with van der Waals surface area (Å²) >= 11 is 0. The maximum absolute atomic E-state index is 13.4. The maximum atomic E-state index is 13.4. The van der Waals surface area contributed by atoms with E-state index in [9.17, 15) is 9.18 Å². The summed E-state index contributed by atoms with van der Waals surface area (Å²) in [5.41, 5.74) is 2.65. The lowest BCUT2D eigenvalue weighted by atomic mass is 10.1. The summed E-state index contributed by atoms with van der Waals surface area (Å²) in [5, 5.41) is 5.38. The van der Waals surface area contributed by atoms with Crippen molar-refractivity contribution >= 4 is 6.03 Å². The third-order valence-electron chi connectivity index (χ3n) is 2.93. The first-order chi connectivity index (χ1) is 9.65. The van der Waals surface area contributed by atoms with E-state index >= 15 is 0 Å². The first-order valence-corrected chi connectivity index (χ1v) is 6.46. The molecule has 3 nitrogen and oxygen atoms in total. The average molecular weight is 272 g/mol. The zero-order valence-electron chi connectivity index (χ0n) is 11.3. The quantitative estimate of drug-likeness (QED) is 0.882. The number of hydrogen-bond donors (Lipinski definition) is 2. The summed E-state index contributed by atoms with van der Waals surface area (Å²) in [7, 11) is 0. The van der Waals surface area contributed by atoms with Crippen LogP contribution in [0.3, 0.4) is 0 Å². The molecule has 2 amide bonds. The van der Waals surface area contributed by atoms with Crippen molar-refractivity contribution in [2.24, 2.45) is 0 Å². The molecule has 2 N–H and O–H groups in total. The molecule has 0 heterocycles. The van der Waals surface area contributed by atoms with Gasteiger partial charge in [0.25, 0.3) is 0 Å². The Morgan fingerprint density at radius 2 is 1.80 bits per heavy atom. The molecule has 0 fully saturated rings. The Kier molecular flexibility index (Phi) is 4.71. The Hall–Kier alpha value is -2.36. The highest BCUT2D eigenvalue weighted by Gasteiger charge is 2.04. The Balaban J connectivity index is 1.80. The first kappa shape index (κ1) is 14.1. The molecule has 4 heteroatoms. The van der Waals surface area contributed by atoms with Gasteiger partial charge in [-0.25, -0.2) is 9.18 Å². The highest BCUT2D eigenvalue weighted by molar-refractivity contribution is 5.73. The van der Waals surface area contributed by atoms with E-state index in [1.807, 2.05) is 31.2 Å². The highest BCUT2D eigenvalue weighted by Crippen LogP contribution is 2.05. The minimum Gasteiger partial charge on any atom is -0.334 e. The SMILES string of the molecule is Cc1cccc(CNC(=O)NCc2ccccc2F)c1. The second-order valence-electron chi connectivity index (χ2n) is 4.62. The van der Waals surface area contributed by atoms with E-state index in [4.69, 9.17) is 0 Å². The van der Waals surface area contributed by atoms with Crippen LogP contribution >= 0.6 is 0 Å². The Bertz CT molecular complexity index is 599. The van der Waals surface area contributed by atoms with Crippen molar-refractivity contribution in [1.29, 1.82) is 0 Å². The van der Waals surface area contributed by atoms with Crippen LogP contribution < -0.4 is 10.6 Å². The van der Waals surface area contributed by atoms with Gasteiger partial charge in [0.1, 0.15) is 5.82 Å². The first-order valence-electron chi connectivity index (χ1n) is 6.46. The molecule has 104 valence electrons.